The molecule has 5 nitrogen and oxygen atoms in total. The summed E-state index contributed by atoms with van der Waals surface area (Å²) in [7, 11) is 1.74. The quantitative estimate of drug-likeness (QED) is 0.858. The van der Waals surface area contributed by atoms with Gasteiger partial charge in [-0.1, -0.05) is 18.2 Å². The number of likely N-dealkylation sites (N-methyl/N-ethyl adjacent to an activating group) is 1. The van der Waals surface area contributed by atoms with Crippen LogP contribution in [0.25, 0.3) is 10.1 Å². The Morgan fingerprint density at radius 2 is 2.05 bits per heavy atom. The highest BCUT2D eigenvalue weighted by atomic mass is 32.1. The molecule has 1 aromatic carbocycles. The standard InChI is InChI=1S/C15H18N2O3S/c1-3-17(2)13(18)9-16-8-11-10-6-4-5-7-12(10)21-14(11)15(19)20/h4-7,16H,3,8-9H2,1-2H3,(H,19,20). The molecule has 0 spiro atoms. The average molecular weight is 306 g/mol. The average Bonchev–Trinajstić information content (AvgIpc) is 2.85. The number of thiophene rings is 1. The van der Waals surface area contributed by atoms with Crippen molar-refractivity contribution in [3.63, 3.8) is 0 Å². The maximum atomic E-state index is 11.7. The lowest BCUT2D eigenvalue weighted by molar-refractivity contribution is -0.128. The summed E-state index contributed by atoms with van der Waals surface area (Å²) >= 11 is 1.27. The highest BCUT2D eigenvalue weighted by molar-refractivity contribution is 7.21. The molecule has 2 N–H and O–H groups in total. The van der Waals surface area contributed by atoms with Gasteiger partial charge in [-0.25, -0.2) is 4.79 Å². The maximum Gasteiger partial charge on any atom is 0.346 e. The Balaban J connectivity index is 2.16. The fourth-order valence-corrected chi connectivity index (χ4v) is 3.11. The molecule has 0 atom stereocenters. The summed E-state index contributed by atoms with van der Waals surface area (Å²) in [5.41, 5.74) is 0.745. The zero-order valence-corrected chi connectivity index (χ0v) is 12.9. The first kappa shape index (κ1) is 15.5. The Morgan fingerprint density at radius 1 is 1.33 bits per heavy atom. The van der Waals surface area contributed by atoms with E-state index in [-0.39, 0.29) is 12.5 Å². The first-order valence-corrected chi connectivity index (χ1v) is 7.54. The van der Waals surface area contributed by atoms with E-state index < -0.39 is 5.97 Å². The highest BCUT2D eigenvalue weighted by Crippen LogP contribution is 2.31. The van der Waals surface area contributed by atoms with E-state index in [1.54, 1.807) is 11.9 Å². The first-order valence-electron chi connectivity index (χ1n) is 6.73. The van der Waals surface area contributed by atoms with E-state index in [0.29, 0.717) is 18.0 Å². The van der Waals surface area contributed by atoms with Crippen LogP contribution in [0.5, 0.6) is 0 Å². The highest BCUT2D eigenvalue weighted by Gasteiger charge is 2.17. The van der Waals surface area contributed by atoms with Crippen LogP contribution in [0.3, 0.4) is 0 Å². The lowest BCUT2D eigenvalue weighted by atomic mass is 10.1. The number of benzene rings is 1. The van der Waals surface area contributed by atoms with Gasteiger partial charge in [-0.15, -0.1) is 11.3 Å². The van der Waals surface area contributed by atoms with Gasteiger partial charge >= 0.3 is 5.97 Å². The van der Waals surface area contributed by atoms with Crippen molar-refractivity contribution in [3.05, 3.63) is 34.7 Å². The number of aromatic carboxylic acids is 1. The van der Waals surface area contributed by atoms with Gasteiger partial charge in [0, 0.05) is 24.8 Å². The fraction of sp³-hybridized carbons (Fsp3) is 0.333. The number of fused-ring (bicyclic) bond motifs is 1. The molecule has 0 aliphatic heterocycles. The molecule has 0 aliphatic rings. The number of carboxylic acid groups (broad SMARTS) is 1. The van der Waals surface area contributed by atoms with Gasteiger partial charge in [-0.2, -0.15) is 0 Å². The number of hydrogen-bond acceptors (Lipinski definition) is 4. The largest absolute Gasteiger partial charge is 0.477 e. The van der Waals surface area contributed by atoms with Crippen LogP contribution in [0.4, 0.5) is 0 Å². The zero-order chi connectivity index (χ0) is 15.4. The zero-order valence-electron chi connectivity index (χ0n) is 12.0. The second-order valence-corrected chi connectivity index (χ2v) is 5.77. The Bertz CT molecular complexity index is 666. The van der Waals surface area contributed by atoms with Crippen molar-refractivity contribution < 1.29 is 14.7 Å². The molecule has 0 saturated carbocycles. The summed E-state index contributed by atoms with van der Waals surface area (Å²) in [4.78, 5) is 25.0. The lowest BCUT2D eigenvalue weighted by Gasteiger charge is -2.14. The number of carboxylic acids is 1. The number of nitrogens with one attached hydrogen (secondary N) is 1. The van der Waals surface area contributed by atoms with Gasteiger partial charge in [0.05, 0.1) is 6.54 Å². The van der Waals surface area contributed by atoms with E-state index >= 15 is 0 Å². The van der Waals surface area contributed by atoms with Gasteiger partial charge in [0.2, 0.25) is 5.91 Å². The minimum atomic E-state index is -0.926. The lowest BCUT2D eigenvalue weighted by Crippen LogP contribution is -2.35. The Hall–Kier alpha value is -1.92. The summed E-state index contributed by atoms with van der Waals surface area (Å²) in [6.45, 7) is 3.14. The number of hydrogen-bond donors (Lipinski definition) is 2. The van der Waals surface area contributed by atoms with Crippen LogP contribution in [-0.4, -0.2) is 42.0 Å². The van der Waals surface area contributed by atoms with Crippen molar-refractivity contribution in [2.75, 3.05) is 20.1 Å². The van der Waals surface area contributed by atoms with Crippen LogP contribution in [0.15, 0.2) is 24.3 Å². The van der Waals surface area contributed by atoms with Crippen LogP contribution in [0, 0.1) is 0 Å². The van der Waals surface area contributed by atoms with E-state index in [1.165, 1.54) is 11.3 Å². The van der Waals surface area contributed by atoms with Crippen LogP contribution in [0.2, 0.25) is 0 Å². The molecule has 1 aromatic heterocycles. The third-order valence-electron chi connectivity index (χ3n) is 3.37. The SMILES string of the molecule is CCN(C)C(=O)CNCc1c(C(=O)O)sc2ccccc12. The molecule has 21 heavy (non-hydrogen) atoms. The van der Waals surface area contributed by atoms with Crippen molar-refractivity contribution in [1.82, 2.24) is 10.2 Å². The minimum Gasteiger partial charge on any atom is -0.477 e. The predicted octanol–water partition coefficient (Wildman–Crippen LogP) is 2.17. The van der Waals surface area contributed by atoms with Crippen LogP contribution >= 0.6 is 11.3 Å². The Kier molecular flexibility index (Phi) is 4.93. The molecule has 2 rings (SSSR count). The monoisotopic (exact) mass is 306 g/mol. The molecule has 6 heteroatoms. The third kappa shape index (κ3) is 3.40. The molecular weight excluding hydrogens is 288 g/mol. The van der Waals surface area contributed by atoms with E-state index in [4.69, 9.17) is 0 Å². The first-order chi connectivity index (χ1) is 10.0. The summed E-state index contributed by atoms with van der Waals surface area (Å²) < 4.78 is 0.948. The van der Waals surface area contributed by atoms with Gasteiger partial charge in [0.25, 0.3) is 0 Å². The number of carbonyl (C=O) groups is 2. The molecular formula is C15H18N2O3S. The van der Waals surface area contributed by atoms with E-state index in [2.05, 4.69) is 5.32 Å². The second-order valence-electron chi connectivity index (χ2n) is 4.72. The van der Waals surface area contributed by atoms with E-state index in [0.717, 1.165) is 15.6 Å². The summed E-state index contributed by atoms with van der Waals surface area (Å²) in [5, 5.41) is 13.3. The summed E-state index contributed by atoms with van der Waals surface area (Å²) in [6.07, 6.45) is 0. The van der Waals surface area contributed by atoms with Crippen molar-refractivity contribution in [2.45, 2.75) is 13.5 Å². The number of nitrogens with zero attached hydrogens (tertiary/aromatic N) is 1. The molecule has 112 valence electrons. The van der Waals surface area contributed by atoms with E-state index in [1.807, 2.05) is 31.2 Å². The van der Waals surface area contributed by atoms with Gasteiger partial charge in [-0.05, 0) is 23.9 Å². The summed E-state index contributed by atoms with van der Waals surface area (Å²) in [6, 6.07) is 7.60. The molecule has 0 bridgehead atoms. The molecule has 1 heterocycles. The molecule has 0 aliphatic carbocycles. The minimum absolute atomic E-state index is 0.00564. The van der Waals surface area contributed by atoms with Crippen LogP contribution in [-0.2, 0) is 11.3 Å². The van der Waals surface area contributed by atoms with Crippen molar-refractivity contribution >= 4 is 33.3 Å². The van der Waals surface area contributed by atoms with Gasteiger partial charge in [0.1, 0.15) is 4.88 Å². The third-order valence-corrected chi connectivity index (χ3v) is 4.57. The number of carbonyl (C=O) groups excluding carboxylic acids is 1. The molecule has 1 amide bonds. The molecule has 0 saturated heterocycles. The van der Waals surface area contributed by atoms with Crippen LogP contribution in [0.1, 0.15) is 22.2 Å². The normalized spacial score (nSPS) is 10.8. The smallest absolute Gasteiger partial charge is 0.346 e. The number of amides is 1. The molecule has 0 unspecified atom stereocenters. The van der Waals surface area contributed by atoms with Crippen LogP contribution < -0.4 is 5.32 Å². The summed E-state index contributed by atoms with van der Waals surface area (Å²) in [5.74, 6) is -0.932. The van der Waals surface area contributed by atoms with Gasteiger partial charge in [0.15, 0.2) is 0 Å². The number of rotatable bonds is 6. The maximum absolute atomic E-state index is 11.7. The van der Waals surface area contributed by atoms with E-state index in [9.17, 15) is 14.7 Å². The topological polar surface area (TPSA) is 69.6 Å². The Morgan fingerprint density at radius 3 is 2.71 bits per heavy atom. The van der Waals surface area contributed by atoms with Gasteiger partial charge in [-0.3, -0.25) is 4.79 Å². The Labute approximate surface area is 127 Å². The van der Waals surface area contributed by atoms with Gasteiger partial charge < -0.3 is 15.3 Å². The molecule has 2 aromatic rings. The predicted molar refractivity (Wildman–Crippen MR) is 83.8 cm³/mol. The molecule has 0 fully saturated rings. The molecule has 0 radical (unpaired) electrons. The fourth-order valence-electron chi connectivity index (χ4n) is 2.05. The van der Waals surface area contributed by atoms with Crippen molar-refractivity contribution in [1.29, 1.82) is 0 Å². The second kappa shape index (κ2) is 6.69. The van der Waals surface area contributed by atoms with Crippen molar-refractivity contribution in [2.24, 2.45) is 0 Å². The van der Waals surface area contributed by atoms with Crippen molar-refractivity contribution in [3.8, 4) is 0 Å².